The van der Waals surface area contributed by atoms with Gasteiger partial charge in [-0.3, -0.25) is 4.40 Å². The standard InChI is InChI=1S/C12H11N3O2/c13-11-10(9-4-2-6-17-9)14-12-8(7-16)3-1-5-15(11)12/h1-6,16H,7,13H2. The molecular formula is C12H11N3O2. The summed E-state index contributed by atoms with van der Waals surface area (Å²) < 4.78 is 7.02. The van der Waals surface area contributed by atoms with Crippen molar-refractivity contribution in [3.63, 3.8) is 0 Å². The molecule has 5 heteroatoms. The van der Waals surface area contributed by atoms with Crippen LogP contribution in [0.15, 0.2) is 41.1 Å². The van der Waals surface area contributed by atoms with E-state index >= 15 is 0 Å². The third kappa shape index (κ3) is 1.40. The third-order valence-electron chi connectivity index (χ3n) is 2.69. The second-order valence-corrected chi connectivity index (χ2v) is 3.71. The summed E-state index contributed by atoms with van der Waals surface area (Å²) in [6, 6.07) is 7.22. The van der Waals surface area contributed by atoms with E-state index in [9.17, 15) is 5.11 Å². The largest absolute Gasteiger partial charge is 0.463 e. The number of anilines is 1. The summed E-state index contributed by atoms with van der Waals surface area (Å²) >= 11 is 0. The predicted octanol–water partition coefficient (Wildman–Crippen LogP) is 1.67. The van der Waals surface area contributed by atoms with E-state index in [0.717, 1.165) is 5.56 Å². The molecular weight excluding hydrogens is 218 g/mol. The Balaban J connectivity index is 2.32. The van der Waals surface area contributed by atoms with Crippen LogP contribution in [0.25, 0.3) is 17.1 Å². The SMILES string of the molecule is Nc1c(-c2ccco2)nc2c(CO)cccn12. The molecule has 0 spiro atoms. The molecule has 0 aliphatic carbocycles. The van der Waals surface area contributed by atoms with E-state index in [1.165, 1.54) is 0 Å². The highest BCUT2D eigenvalue weighted by Crippen LogP contribution is 2.27. The summed E-state index contributed by atoms with van der Waals surface area (Å²) in [6.07, 6.45) is 3.38. The Morgan fingerprint density at radius 1 is 1.35 bits per heavy atom. The van der Waals surface area contributed by atoms with Gasteiger partial charge in [-0.2, -0.15) is 0 Å². The number of aromatic nitrogens is 2. The van der Waals surface area contributed by atoms with Crippen LogP contribution in [0.5, 0.6) is 0 Å². The molecule has 0 unspecified atom stereocenters. The molecule has 86 valence electrons. The fourth-order valence-corrected chi connectivity index (χ4v) is 1.86. The molecule has 0 saturated heterocycles. The average Bonchev–Trinajstić information content (AvgIpc) is 2.97. The highest BCUT2D eigenvalue weighted by Gasteiger charge is 2.14. The van der Waals surface area contributed by atoms with Crippen LogP contribution in [0.3, 0.4) is 0 Å². The highest BCUT2D eigenvalue weighted by molar-refractivity contribution is 5.72. The van der Waals surface area contributed by atoms with Gasteiger partial charge < -0.3 is 15.3 Å². The highest BCUT2D eigenvalue weighted by atomic mass is 16.3. The van der Waals surface area contributed by atoms with Crippen LogP contribution in [0.1, 0.15) is 5.56 Å². The topological polar surface area (TPSA) is 76.7 Å². The molecule has 0 saturated carbocycles. The Morgan fingerprint density at radius 3 is 2.94 bits per heavy atom. The molecule has 3 rings (SSSR count). The molecule has 5 nitrogen and oxygen atoms in total. The van der Waals surface area contributed by atoms with Gasteiger partial charge >= 0.3 is 0 Å². The number of nitrogen functional groups attached to an aromatic ring is 1. The molecule has 0 fully saturated rings. The molecule has 17 heavy (non-hydrogen) atoms. The van der Waals surface area contributed by atoms with Gasteiger partial charge in [0.1, 0.15) is 17.2 Å². The average molecular weight is 229 g/mol. The molecule has 3 N–H and O–H groups in total. The maximum Gasteiger partial charge on any atom is 0.156 e. The van der Waals surface area contributed by atoms with Crippen molar-refractivity contribution >= 4 is 11.5 Å². The van der Waals surface area contributed by atoms with Crippen molar-refractivity contribution in [3.8, 4) is 11.5 Å². The molecule has 0 aliphatic rings. The molecule has 3 aromatic rings. The summed E-state index contributed by atoms with van der Waals surface area (Å²) in [5, 5.41) is 9.25. The number of fused-ring (bicyclic) bond motifs is 1. The molecule has 0 atom stereocenters. The summed E-state index contributed by atoms with van der Waals surface area (Å²) in [7, 11) is 0. The molecule has 3 heterocycles. The minimum absolute atomic E-state index is 0.0710. The van der Waals surface area contributed by atoms with Gasteiger partial charge in [0.15, 0.2) is 5.76 Å². The number of aliphatic hydroxyl groups excluding tert-OH is 1. The number of nitrogens with zero attached hydrogens (tertiary/aromatic N) is 2. The fraction of sp³-hybridized carbons (Fsp3) is 0.0833. The first kappa shape index (κ1) is 9.92. The molecule has 0 aromatic carbocycles. The molecule has 0 bridgehead atoms. The van der Waals surface area contributed by atoms with Gasteiger partial charge in [0.25, 0.3) is 0 Å². The van der Waals surface area contributed by atoms with E-state index in [1.54, 1.807) is 22.8 Å². The second-order valence-electron chi connectivity index (χ2n) is 3.71. The minimum Gasteiger partial charge on any atom is -0.463 e. The Kier molecular flexibility index (Phi) is 2.12. The van der Waals surface area contributed by atoms with E-state index in [1.807, 2.05) is 18.3 Å². The lowest BCUT2D eigenvalue weighted by Gasteiger charge is -1.99. The molecule has 0 amide bonds. The van der Waals surface area contributed by atoms with Gasteiger partial charge in [-0.1, -0.05) is 6.07 Å². The summed E-state index contributed by atoms with van der Waals surface area (Å²) in [5.74, 6) is 1.13. The second kappa shape index (κ2) is 3.64. The summed E-state index contributed by atoms with van der Waals surface area (Å²) in [6.45, 7) is -0.0710. The molecule has 0 aliphatic heterocycles. The van der Waals surface area contributed by atoms with Crippen LogP contribution in [0.2, 0.25) is 0 Å². The number of furan rings is 1. The summed E-state index contributed by atoms with van der Waals surface area (Å²) in [5.41, 5.74) is 7.99. The van der Waals surface area contributed by atoms with Gasteiger partial charge in [-0.05, 0) is 18.2 Å². The van der Waals surface area contributed by atoms with Crippen LogP contribution >= 0.6 is 0 Å². The van der Waals surface area contributed by atoms with Gasteiger partial charge in [-0.15, -0.1) is 0 Å². The number of nitrogens with two attached hydrogens (primary N) is 1. The van der Waals surface area contributed by atoms with E-state index in [0.29, 0.717) is 22.9 Å². The summed E-state index contributed by atoms with van der Waals surface area (Å²) in [4.78, 5) is 4.41. The van der Waals surface area contributed by atoms with Crippen molar-refractivity contribution in [1.29, 1.82) is 0 Å². The third-order valence-corrected chi connectivity index (χ3v) is 2.69. The van der Waals surface area contributed by atoms with E-state index in [2.05, 4.69) is 4.98 Å². The predicted molar refractivity (Wildman–Crippen MR) is 63.2 cm³/mol. The number of pyridine rings is 1. The van der Waals surface area contributed by atoms with Gasteiger partial charge in [0.2, 0.25) is 0 Å². The lowest BCUT2D eigenvalue weighted by atomic mass is 10.3. The zero-order valence-corrected chi connectivity index (χ0v) is 9.00. The number of hydrogen-bond acceptors (Lipinski definition) is 4. The van der Waals surface area contributed by atoms with Crippen molar-refractivity contribution in [1.82, 2.24) is 9.38 Å². The van der Waals surface area contributed by atoms with Crippen LogP contribution in [0.4, 0.5) is 5.82 Å². The number of hydrogen-bond donors (Lipinski definition) is 2. The monoisotopic (exact) mass is 229 g/mol. The Labute approximate surface area is 97.1 Å². The fourth-order valence-electron chi connectivity index (χ4n) is 1.86. The zero-order chi connectivity index (χ0) is 11.8. The van der Waals surface area contributed by atoms with Crippen molar-refractivity contribution in [3.05, 3.63) is 42.3 Å². The Morgan fingerprint density at radius 2 is 2.24 bits per heavy atom. The molecule has 3 aromatic heterocycles. The van der Waals surface area contributed by atoms with Crippen molar-refractivity contribution in [2.24, 2.45) is 0 Å². The van der Waals surface area contributed by atoms with Crippen LogP contribution in [0, 0.1) is 0 Å². The first-order valence-corrected chi connectivity index (χ1v) is 5.21. The van der Waals surface area contributed by atoms with Crippen molar-refractivity contribution < 1.29 is 9.52 Å². The number of aliphatic hydroxyl groups is 1. The minimum atomic E-state index is -0.0710. The lowest BCUT2D eigenvalue weighted by Crippen LogP contribution is -1.95. The Hall–Kier alpha value is -2.27. The first-order chi connectivity index (χ1) is 8.31. The van der Waals surface area contributed by atoms with Crippen LogP contribution in [-0.4, -0.2) is 14.5 Å². The van der Waals surface area contributed by atoms with Gasteiger partial charge in [-0.25, -0.2) is 4.98 Å². The lowest BCUT2D eigenvalue weighted by molar-refractivity contribution is 0.282. The number of rotatable bonds is 2. The number of imidazole rings is 1. The van der Waals surface area contributed by atoms with E-state index in [4.69, 9.17) is 10.2 Å². The van der Waals surface area contributed by atoms with Crippen LogP contribution in [-0.2, 0) is 6.61 Å². The van der Waals surface area contributed by atoms with E-state index < -0.39 is 0 Å². The maximum atomic E-state index is 9.25. The zero-order valence-electron chi connectivity index (χ0n) is 9.00. The van der Waals surface area contributed by atoms with Gasteiger partial charge in [0, 0.05) is 11.8 Å². The van der Waals surface area contributed by atoms with Gasteiger partial charge in [0.05, 0.1) is 12.9 Å². The van der Waals surface area contributed by atoms with Crippen LogP contribution < -0.4 is 5.73 Å². The van der Waals surface area contributed by atoms with Crippen molar-refractivity contribution in [2.45, 2.75) is 6.61 Å². The van der Waals surface area contributed by atoms with E-state index in [-0.39, 0.29) is 6.61 Å². The molecule has 0 radical (unpaired) electrons. The normalized spacial score (nSPS) is 11.1. The van der Waals surface area contributed by atoms with Crippen molar-refractivity contribution in [2.75, 3.05) is 5.73 Å². The quantitative estimate of drug-likeness (QED) is 0.700. The first-order valence-electron chi connectivity index (χ1n) is 5.21. The maximum absolute atomic E-state index is 9.25. The Bertz CT molecular complexity index is 656. The smallest absolute Gasteiger partial charge is 0.156 e.